The summed E-state index contributed by atoms with van der Waals surface area (Å²) in [4.78, 5) is 16.5. The number of amides is 1. The van der Waals surface area contributed by atoms with Crippen LogP contribution in [0.4, 0.5) is 5.13 Å². The van der Waals surface area contributed by atoms with Crippen LogP contribution in [-0.2, 0) is 4.79 Å². The van der Waals surface area contributed by atoms with E-state index in [2.05, 4.69) is 10.3 Å². The quantitative estimate of drug-likeness (QED) is 0.265. The number of nitrogens with one attached hydrogen (secondary N) is 1. The number of carbonyl (C=O) groups is 1. The Balaban J connectivity index is 1.58. The number of anilines is 1. The summed E-state index contributed by atoms with van der Waals surface area (Å²) in [6.45, 7) is 2.39. The molecule has 1 amide bonds. The number of hydrogen-bond donors (Lipinski definition) is 1. The monoisotopic (exact) mass is 469 g/mol. The second-order valence-electron chi connectivity index (χ2n) is 6.46. The van der Waals surface area contributed by atoms with E-state index in [9.17, 15) is 10.1 Å². The lowest BCUT2D eigenvalue weighted by Crippen LogP contribution is -2.13. The lowest BCUT2D eigenvalue weighted by Gasteiger charge is -2.12. The first kappa shape index (κ1) is 23.1. The molecule has 0 saturated heterocycles. The molecule has 0 aliphatic rings. The van der Waals surface area contributed by atoms with Crippen LogP contribution in [0.25, 0.3) is 6.08 Å². The predicted octanol–water partition coefficient (Wildman–Crippen LogP) is 5.12. The second kappa shape index (κ2) is 11.2. The predicted molar refractivity (Wildman–Crippen MR) is 125 cm³/mol. The van der Waals surface area contributed by atoms with Gasteiger partial charge in [-0.2, -0.15) is 5.26 Å². The van der Waals surface area contributed by atoms with Crippen LogP contribution < -0.4 is 19.5 Å². The molecule has 1 heterocycles. The summed E-state index contributed by atoms with van der Waals surface area (Å²) in [6.07, 6.45) is 1.45. The Morgan fingerprint density at radius 2 is 1.91 bits per heavy atom. The Hall–Kier alpha value is -3.54. The Bertz CT molecular complexity index is 1170. The van der Waals surface area contributed by atoms with Crippen molar-refractivity contribution in [2.75, 3.05) is 25.6 Å². The number of carbonyl (C=O) groups excluding carboxylic acids is 1. The molecule has 0 unspecified atom stereocenters. The number of nitrogens with zero attached hydrogens (tertiary/aromatic N) is 2. The molecule has 1 N–H and O–H groups in total. The summed E-state index contributed by atoms with van der Waals surface area (Å²) in [5.41, 5.74) is 1.32. The first-order valence-corrected chi connectivity index (χ1v) is 10.8. The number of nitriles is 1. The molecule has 0 saturated carbocycles. The summed E-state index contributed by atoms with van der Waals surface area (Å²) >= 11 is 7.60. The fourth-order valence-electron chi connectivity index (χ4n) is 2.66. The molecular weight excluding hydrogens is 450 g/mol. The first-order chi connectivity index (χ1) is 15.5. The van der Waals surface area contributed by atoms with E-state index in [1.165, 1.54) is 17.4 Å². The van der Waals surface area contributed by atoms with Gasteiger partial charge in [0.25, 0.3) is 5.91 Å². The number of ether oxygens (including phenoxy) is 3. The average Bonchev–Trinajstić information content (AvgIpc) is 3.20. The third kappa shape index (κ3) is 6.23. The van der Waals surface area contributed by atoms with Crippen LogP contribution >= 0.6 is 22.9 Å². The number of hydrogen-bond acceptors (Lipinski definition) is 7. The number of thiazole rings is 1. The lowest BCUT2D eigenvalue weighted by molar-refractivity contribution is -0.112. The van der Waals surface area contributed by atoms with Crippen LogP contribution in [0, 0.1) is 18.3 Å². The van der Waals surface area contributed by atoms with Gasteiger partial charge in [0.05, 0.1) is 17.8 Å². The van der Waals surface area contributed by atoms with Crippen molar-refractivity contribution in [3.8, 4) is 23.3 Å². The molecule has 2 aromatic carbocycles. The summed E-state index contributed by atoms with van der Waals surface area (Å²) in [5.74, 6) is 1.20. The van der Waals surface area contributed by atoms with Crippen LogP contribution in [0.3, 0.4) is 0 Å². The Labute approximate surface area is 194 Å². The SMILES string of the molecule is COc1ccccc1OCCOc1ccc(/C=C(/C#N)C(=O)Nc2nc(C)cs2)cc1Cl. The minimum atomic E-state index is -0.535. The molecule has 0 fully saturated rings. The average molecular weight is 470 g/mol. The van der Waals surface area contributed by atoms with Gasteiger partial charge in [-0.05, 0) is 42.8 Å². The third-order valence-electron chi connectivity index (χ3n) is 4.14. The van der Waals surface area contributed by atoms with Crippen molar-refractivity contribution in [2.24, 2.45) is 0 Å². The molecule has 164 valence electrons. The van der Waals surface area contributed by atoms with Crippen LogP contribution in [0.5, 0.6) is 17.2 Å². The zero-order chi connectivity index (χ0) is 22.9. The highest BCUT2D eigenvalue weighted by Crippen LogP contribution is 2.28. The zero-order valence-electron chi connectivity index (χ0n) is 17.4. The smallest absolute Gasteiger partial charge is 0.268 e. The highest BCUT2D eigenvalue weighted by atomic mass is 35.5. The van der Waals surface area contributed by atoms with Crippen molar-refractivity contribution < 1.29 is 19.0 Å². The van der Waals surface area contributed by atoms with E-state index in [0.29, 0.717) is 39.6 Å². The van der Waals surface area contributed by atoms with Gasteiger partial charge in [0.15, 0.2) is 16.6 Å². The van der Waals surface area contributed by atoms with Gasteiger partial charge in [0.1, 0.15) is 30.6 Å². The van der Waals surface area contributed by atoms with Gasteiger partial charge < -0.3 is 14.2 Å². The van der Waals surface area contributed by atoms with Gasteiger partial charge in [0.2, 0.25) is 0 Å². The number of methoxy groups -OCH3 is 1. The molecule has 0 aliphatic carbocycles. The summed E-state index contributed by atoms with van der Waals surface area (Å²) in [6, 6.07) is 14.2. The Morgan fingerprint density at radius 1 is 1.19 bits per heavy atom. The second-order valence-corrected chi connectivity index (χ2v) is 7.72. The Morgan fingerprint density at radius 3 is 2.53 bits per heavy atom. The minimum absolute atomic E-state index is 0.0622. The zero-order valence-corrected chi connectivity index (χ0v) is 19.0. The number of aryl methyl sites for hydroxylation is 1. The van der Waals surface area contributed by atoms with E-state index in [-0.39, 0.29) is 12.2 Å². The van der Waals surface area contributed by atoms with Gasteiger partial charge in [-0.1, -0.05) is 29.8 Å². The first-order valence-electron chi connectivity index (χ1n) is 9.53. The molecule has 0 atom stereocenters. The van der Waals surface area contributed by atoms with Crippen LogP contribution in [0.1, 0.15) is 11.3 Å². The van der Waals surface area contributed by atoms with Gasteiger partial charge in [-0.3, -0.25) is 10.1 Å². The third-order valence-corrected chi connectivity index (χ3v) is 5.31. The van der Waals surface area contributed by atoms with E-state index in [1.54, 1.807) is 25.3 Å². The molecule has 0 bridgehead atoms. The van der Waals surface area contributed by atoms with Crippen molar-refractivity contribution in [1.29, 1.82) is 5.26 Å². The molecule has 32 heavy (non-hydrogen) atoms. The largest absolute Gasteiger partial charge is 0.493 e. The van der Waals surface area contributed by atoms with Crippen LogP contribution in [0.2, 0.25) is 5.02 Å². The highest BCUT2D eigenvalue weighted by molar-refractivity contribution is 7.13. The maximum Gasteiger partial charge on any atom is 0.268 e. The molecule has 3 aromatic rings. The van der Waals surface area contributed by atoms with E-state index >= 15 is 0 Å². The molecule has 0 radical (unpaired) electrons. The van der Waals surface area contributed by atoms with Crippen LogP contribution in [0.15, 0.2) is 53.4 Å². The molecule has 0 spiro atoms. The maximum absolute atomic E-state index is 12.3. The van der Waals surface area contributed by atoms with E-state index in [1.807, 2.05) is 42.6 Å². The molecular formula is C23H20ClN3O4S. The van der Waals surface area contributed by atoms with Crippen LogP contribution in [-0.4, -0.2) is 31.2 Å². The molecule has 1 aromatic heterocycles. The van der Waals surface area contributed by atoms with E-state index in [4.69, 9.17) is 25.8 Å². The number of para-hydroxylation sites is 2. The van der Waals surface area contributed by atoms with Crippen molar-refractivity contribution in [3.05, 3.63) is 69.7 Å². The lowest BCUT2D eigenvalue weighted by atomic mass is 10.1. The topological polar surface area (TPSA) is 93.5 Å². The molecule has 3 rings (SSSR count). The van der Waals surface area contributed by atoms with Crippen molar-refractivity contribution >= 4 is 40.1 Å². The minimum Gasteiger partial charge on any atom is -0.493 e. The number of halogens is 1. The molecule has 0 aliphatic heterocycles. The van der Waals surface area contributed by atoms with Gasteiger partial charge in [-0.15, -0.1) is 11.3 Å². The highest BCUT2D eigenvalue weighted by Gasteiger charge is 2.12. The Kier molecular flexibility index (Phi) is 8.08. The summed E-state index contributed by atoms with van der Waals surface area (Å²) < 4.78 is 16.6. The molecule has 9 heteroatoms. The summed E-state index contributed by atoms with van der Waals surface area (Å²) in [7, 11) is 1.58. The summed E-state index contributed by atoms with van der Waals surface area (Å²) in [5, 5.41) is 14.6. The number of benzene rings is 2. The van der Waals surface area contributed by atoms with Gasteiger partial charge >= 0.3 is 0 Å². The number of aromatic nitrogens is 1. The van der Waals surface area contributed by atoms with E-state index < -0.39 is 5.91 Å². The maximum atomic E-state index is 12.3. The normalized spacial score (nSPS) is 10.9. The van der Waals surface area contributed by atoms with Gasteiger partial charge in [0, 0.05) is 5.38 Å². The standard InChI is InChI=1S/C23H20ClN3O4S/c1-15-14-32-23(26-15)27-22(28)17(13-25)11-16-7-8-19(18(24)12-16)30-9-10-31-21-6-4-3-5-20(21)29-2/h3-8,11-12,14H,9-10H2,1-2H3,(H,26,27,28)/b17-11-. The fourth-order valence-corrected chi connectivity index (χ4v) is 3.58. The van der Waals surface area contributed by atoms with Crippen molar-refractivity contribution in [2.45, 2.75) is 6.92 Å². The van der Waals surface area contributed by atoms with E-state index in [0.717, 1.165) is 5.69 Å². The fraction of sp³-hybridized carbons (Fsp3) is 0.174. The van der Waals surface area contributed by atoms with Gasteiger partial charge in [-0.25, -0.2) is 4.98 Å². The van der Waals surface area contributed by atoms with Crippen molar-refractivity contribution in [3.63, 3.8) is 0 Å². The van der Waals surface area contributed by atoms with Crippen molar-refractivity contribution in [1.82, 2.24) is 4.98 Å². The molecule has 7 nitrogen and oxygen atoms in total. The number of rotatable bonds is 9.